The number of aromatic carboxylic acids is 1. The van der Waals surface area contributed by atoms with Crippen LogP contribution in [0.3, 0.4) is 0 Å². The molecule has 2 fully saturated rings. The second-order valence-corrected chi connectivity index (χ2v) is 9.45. The number of hydrogen-bond acceptors (Lipinski definition) is 4. The fourth-order valence-electron chi connectivity index (χ4n) is 4.08. The molecule has 0 bridgehead atoms. The molecule has 1 aromatic rings. The molecular weight excluding hydrogens is 371 g/mol. The first kappa shape index (κ1) is 20.2. The van der Waals surface area contributed by atoms with Gasteiger partial charge in [0.25, 0.3) is 0 Å². The van der Waals surface area contributed by atoms with Gasteiger partial charge < -0.3 is 10.0 Å². The molecule has 1 aliphatic carbocycles. The van der Waals surface area contributed by atoms with E-state index in [0.717, 1.165) is 37.7 Å². The minimum absolute atomic E-state index is 0.165. The first-order chi connectivity index (χ1) is 12.9. The van der Waals surface area contributed by atoms with Crippen LogP contribution in [0.5, 0.6) is 0 Å². The Balaban J connectivity index is 1.68. The van der Waals surface area contributed by atoms with Crippen LogP contribution in [0, 0.1) is 11.7 Å². The van der Waals surface area contributed by atoms with E-state index in [0.29, 0.717) is 25.6 Å². The quantitative estimate of drug-likeness (QED) is 0.825. The summed E-state index contributed by atoms with van der Waals surface area (Å²) in [7, 11) is -3.84. The number of carboxylic acids is 1. The zero-order valence-electron chi connectivity index (χ0n) is 15.4. The lowest BCUT2D eigenvalue weighted by atomic mass is 9.89. The SMILES string of the molecule is O=C(O)c1cc(S(=O)(=O)N2CCCN(CC3CCCCC3)CC2)ccc1F. The number of carbonyl (C=O) groups is 1. The largest absolute Gasteiger partial charge is 0.478 e. The number of benzene rings is 1. The van der Waals surface area contributed by atoms with Gasteiger partial charge in [0.2, 0.25) is 10.0 Å². The molecule has 8 heteroatoms. The lowest BCUT2D eigenvalue weighted by Gasteiger charge is -2.28. The van der Waals surface area contributed by atoms with E-state index in [4.69, 9.17) is 5.11 Å². The Morgan fingerprint density at radius 2 is 1.81 bits per heavy atom. The van der Waals surface area contributed by atoms with Crippen LogP contribution in [0.25, 0.3) is 0 Å². The molecular formula is C19H27FN2O4S. The Hall–Kier alpha value is -1.51. The summed E-state index contributed by atoms with van der Waals surface area (Å²) < 4.78 is 40.8. The van der Waals surface area contributed by atoms with Gasteiger partial charge >= 0.3 is 5.97 Å². The van der Waals surface area contributed by atoms with Crippen LogP contribution < -0.4 is 0 Å². The molecule has 6 nitrogen and oxygen atoms in total. The van der Waals surface area contributed by atoms with Gasteiger partial charge in [0.15, 0.2) is 0 Å². The fraction of sp³-hybridized carbons (Fsp3) is 0.632. The summed E-state index contributed by atoms with van der Waals surface area (Å²) in [5.41, 5.74) is -0.621. The van der Waals surface area contributed by atoms with E-state index in [1.807, 2.05) is 0 Å². The first-order valence-electron chi connectivity index (χ1n) is 9.63. The van der Waals surface area contributed by atoms with Crippen LogP contribution >= 0.6 is 0 Å². The summed E-state index contributed by atoms with van der Waals surface area (Å²) in [6, 6.07) is 2.96. The van der Waals surface area contributed by atoms with Crippen LogP contribution in [0.1, 0.15) is 48.9 Å². The lowest BCUT2D eigenvalue weighted by Crippen LogP contribution is -2.37. The molecule has 2 aliphatic rings. The number of halogens is 1. The van der Waals surface area contributed by atoms with Gasteiger partial charge in [0.1, 0.15) is 5.82 Å². The second kappa shape index (κ2) is 8.67. The molecule has 0 spiro atoms. The standard InChI is InChI=1S/C19H27FN2O4S/c20-18-8-7-16(13-17(18)19(23)24)27(25,26)22-10-4-9-21(11-12-22)14-15-5-2-1-3-6-15/h7-8,13,15H,1-6,9-12,14H2,(H,23,24). The van der Waals surface area contributed by atoms with E-state index < -0.39 is 27.4 Å². The van der Waals surface area contributed by atoms with Crippen LogP contribution in [0.4, 0.5) is 4.39 Å². The van der Waals surface area contributed by atoms with Gasteiger partial charge in [-0.05, 0) is 49.9 Å². The predicted octanol–water partition coefficient (Wildman–Crippen LogP) is 2.80. The van der Waals surface area contributed by atoms with Crippen LogP contribution in [-0.4, -0.2) is 61.4 Å². The number of hydrogen-bond donors (Lipinski definition) is 1. The molecule has 1 N–H and O–H groups in total. The summed E-state index contributed by atoms with van der Waals surface area (Å²) in [6.45, 7) is 3.32. The average molecular weight is 399 g/mol. The monoisotopic (exact) mass is 398 g/mol. The molecule has 1 saturated heterocycles. The Morgan fingerprint density at radius 3 is 2.52 bits per heavy atom. The van der Waals surface area contributed by atoms with Crippen LogP contribution in [-0.2, 0) is 10.0 Å². The minimum Gasteiger partial charge on any atom is -0.478 e. The number of carboxylic acid groups (broad SMARTS) is 1. The minimum atomic E-state index is -3.84. The van der Waals surface area contributed by atoms with E-state index >= 15 is 0 Å². The molecule has 1 heterocycles. The van der Waals surface area contributed by atoms with E-state index in [2.05, 4.69) is 4.90 Å². The molecule has 27 heavy (non-hydrogen) atoms. The highest BCUT2D eigenvalue weighted by molar-refractivity contribution is 7.89. The van der Waals surface area contributed by atoms with E-state index in [9.17, 15) is 17.6 Å². The molecule has 0 atom stereocenters. The summed E-state index contributed by atoms with van der Waals surface area (Å²) >= 11 is 0. The van der Waals surface area contributed by atoms with Gasteiger partial charge in [-0.2, -0.15) is 4.31 Å². The fourth-order valence-corrected chi connectivity index (χ4v) is 5.58. The van der Waals surface area contributed by atoms with Gasteiger partial charge in [0.05, 0.1) is 10.5 Å². The molecule has 0 amide bonds. The van der Waals surface area contributed by atoms with Crippen LogP contribution in [0.2, 0.25) is 0 Å². The Morgan fingerprint density at radius 1 is 1.07 bits per heavy atom. The third-order valence-electron chi connectivity index (χ3n) is 5.59. The first-order valence-corrected chi connectivity index (χ1v) is 11.1. The maximum Gasteiger partial charge on any atom is 0.338 e. The second-order valence-electron chi connectivity index (χ2n) is 7.51. The molecule has 0 radical (unpaired) electrons. The molecule has 0 aromatic heterocycles. The average Bonchev–Trinajstić information content (AvgIpc) is 2.88. The summed E-state index contributed by atoms with van der Waals surface area (Å²) in [4.78, 5) is 13.3. The van der Waals surface area contributed by atoms with Gasteiger partial charge in [-0.3, -0.25) is 0 Å². The summed E-state index contributed by atoms with van der Waals surface area (Å²) in [5.74, 6) is -1.70. The third kappa shape index (κ3) is 4.86. The summed E-state index contributed by atoms with van der Waals surface area (Å²) in [6.07, 6.45) is 7.14. The van der Waals surface area contributed by atoms with Crippen molar-refractivity contribution >= 4 is 16.0 Å². The molecule has 0 unspecified atom stereocenters. The third-order valence-corrected chi connectivity index (χ3v) is 7.49. The molecule has 1 aromatic carbocycles. The lowest BCUT2D eigenvalue weighted by molar-refractivity contribution is 0.0691. The highest BCUT2D eigenvalue weighted by atomic mass is 32.2. The Kier molecular flexibility index (Phi) is 6.49. The molecule has 1 saturated carbocycles. The van der Waals surface area contributed by atoms with Crippen molar-refractivity contribution in [2.24, 2.45) is 5.92 Å². The Labute approximate surface area is 160 Å². The van der Waals surface area contributed by atoms with E-state index in [1.54, 1.807) is 0 Å². The maximum atomic E-state index is 13.6. The summed E-state index contributed by atoms with van der Waals surface area (Å²) in [5, 5.41) is 9.05. The van der Waals surface area contributed by atoms with E-state index in [1.165, 1.54) is 36.4 Å². The highest BCUT2D eigenvalue weighted by Gasteiger charge is 2.29. The molecule has 1 aliphatic heterocycles. The van der Waals surface area contributed by atoms with Crippen molar-refractivity contribution in [3.63, 3.8) is 0 Å². The zero-order chi connectivity index (χ0) is 19.4. The van der Waals surface area contributed by atoms with Gasteiger partial charge in [0, 0.05) is 26.2 Å². The zero-order valence-corrected chi connectivity index (χ0v) is 16.3. The smallest absolute Gasteiger partial charge is 0.338 e. The van der Waals surface area contributed by atoms with E-state index in [-0.39, 0.29) is 4.90 Å². The van der Waals surface area contributed by atoms with Crippen molar-refractivity contribution < 1.29 is 22.7 Å². The molecule has 3 rings (SSSR count). The number of sulfonamides is 1. The van der Waals surface area contributed by atoms with Gasteiger partial charge in [-0.15, -0.1) is 0 Å². The Bertz CT molecular complexity index is 778. The topological polar surface area (TPSA) is 77.9 Å². The van der Waals surface area contributed by atoms with Crippen molar-refractivity contribution in [3.05, 3.63) is 29.6 Å². The van der Waals surface area contributed by atoms with Gasteiger partial charge in [-0.1, -0.05) is 19.3 Å². The normalized spacial score (nSPS) is 21.1. The van der Waals surface area contributed by atoms with Crippen molar-refractivity contribution in [2.75, 3.05) is 32.7 Å². The van der Waals surface area contributed by atoms with Gasteiger partial charge in [-0.25, -0.2) is 17.6 Å². The predicted molar refractivity (Wildman–Crippen MR) is 99.8 cm³/mol. The number of nitrogens with zero attached hydrogens (tertiary/aromatic N) is 2. The maximum absolute atomic E-state index is 13.6. The number of rotatable bonds is 5. The van der Waals surface area contributed by atoms with Crippen molar-refractivity contribution in [1.82, 2.24) is 9.21 Å². The van der Waals surface area contributed by atoms with Crippen molar-refractivity contribution in [2.45, 2.75) is 43.4 Å². The highest BCUT2D eigenvalue weighted by Crippen LogP contribution is 2.25. The molecule has 150 valence electrons. The van der Waals surface area contributed by atoms with Crippen molar-refractivity contribution in [3.8, 4) is 0 Å². The van der Waals surface area contributed by atoms with Crippen LogP contribution in [0.15, 0.2) is 23.1 Å². The van der Waals surface area contributed by atoms with Crippen molar-refractivity contribution in [1.29, 1.82) is 0 Å².